The highest BCUT2D eigenvalue weighted by Gasteiger charge is 2.17. The Bertz CT molecular complexity index is 562. The number of aryl methyl sites for hydroxylation is 1. The van der Waals surface area contributed by atoms with Crippen molar-refractivity contribution in [1.82, 2.24) is 0 Å². The molecular weight excluding hydrogens is 225 g/mol. The molecular formula is C12H12FNO3. The summed E-state index contributed by atoms with van der Waals surface area (Å²) in [7, 11) is 0. The molecule has 0 spiro atoms. The molecule has 17 heavy (non-hydrogen) atoms. The highest BCUT2D eigenvalue weighted by molar-refractivity contribution is 5.80. The third-order valence-electron chi connectivity index (χ3n) is 2.61. The largest absolute Gasteiger partial charge is 0.461 e. The van der Waals surface area contributed by atoms with E-state index in [1.165, 1.54) is 6.07 Å². The average molecular weight is 237 g/mol. The van der Waals surface area contributed by atoms with Gasteiger partial charge in [-0.3, -0.25) is 10.1 Å². The first-order valence-corrected chi connectivity index (χ1v) is 5.48. The van der Waals surface area contributed by atoms with Gasteiger partial charge in [-0.25, -0.2) is 0 Å². The maximum atomic E-state index is 13.3. The first-order valence-electron chi connectivity index (χ1n) is 5.48. The van der Waals surface area contributed by atoms with Gasteiger partial charge in [0, 0.05) is 23.9 Å². The van der Waals surface area contributed by atoms with Crippen LogP contribution in [-0.4, -0.2) is 4.92 Å². The normalized spacial score (nSPS) is 10.9. The fourth-order valence-electron chi connectivity index (χ4n) is 1.72. The standard InChI is InChI=1S/C12H12FNO3/c1-2-3-4-9-5-8-6-11(14(15)16)10(13)7-12(8)17-9/h5-7H,2-4H2,1H3. The van der Waals surface area contributed by atoms with Crippen LogP contribution in [0, 0.1) is 15.9 Å². The van der Waals surface area contributed by atoms with E-state index in [0.717, 1.165) is 31.1 Å². The second kappa shape index (κ2) is 4.53. The molecule has 0 fully saturated rings. The molecule has 0 unspecified atom stereocenters. The number of halogens is 1. The SMILES string of the molecule is CCCCc1cc2cc([N+](=O)[O-])c(F)cc2o1. The Morgan fingerprint density at radius 2 is 2.18 bits per heavy atom. The minimum atomic E-state index is -0.862. The van der Waals surface area contributed by atoms with Crippen LogP contribution in [-0.2, 0) is 6.42 Å². The fourth-order valence-corrected chi connectivity index (χ4v) is 1.72. The quantitative estimate of drug-likeness (QED) is 0.599. The number of nitro groups is 1. The van der Waals surface area contributed by atoms with E-state index in [2.05, 4.69) is 6.92 Å². The van der Waals surface area contributed by atoms with E-state index in [-0.39, 0.29) is 0 Å². The van der Waals surface area contributed by atoms with Gasteiger partial charge in [0.05, 0.1) is 4.92 Å². The van der Waals surface area contributed by atoms with Gasteiger partial charge in [-0.05, 0) is 12.5 Å². The van der Waals surface area contributed by atoms with Crippen molar-refractivity contribution in [2.24, 2.45) is 0 Å². The van der Waals surface area contributed by atoms with Crippen LogP contribution in [0.15, 0.2) is 22.6 Å². The molecule has 0 amide bonds. The van der Waals surface area contributed by atoms with Crippen molar-refractivity contribution in [3.05, 3.63) is 39.9 Å². The van der Waals surface area contributed by atoms with Crippen LogP contribution in [0.3, 0.4) is 0 Å². The second-order valence-corrected chi connectivity index (χ2v) is 3.91. The van der Waals surface area contributed by atoms with Gasteiger partial charge in [0.1, 0.15) is 11.3 Å². The monoisotopic (exact) mass is 237 g/mol. The molecule has 1 aromatic carbocycles. The highest BCUT2D eigenvalue weighted by atomic mass is 19.1. The molecule has 4 nitrogen and oxygen atoms in total. The summed E-state index contributed by atoms with van der Waals surface area (Å²) in [6, 6.07) is 4.02. The van der Waals surface area contributed by atoms with Gasteiger partial charge in [0.25, 0.3) is 0 Å². The van der Waals surface area contributed by atoms with Crippen molar-refractivity contribution in [3.8, 4) is 0 Å². The highest BCUT2D eigenvalue weighted by Crippen LogP contribution is 2.27. The number of nitro benzene ring substituents is 1. The van der Waals surface area contributed by atoms with Crippen LogP contribution in [0.5, 0.6) is 0 Å². The van der Waals surface area contributed by atoms with E-state index in [9.17, 15) is 14.5 Å². The van der Waals surface area contributed by atoms with E-state index in [1.54, 1.807) is 6.07 Å². The number of hydrogen-bond donors (Lipinski definition) is 0. The van der Waals surface area contributed by atoms with Gasteiger partial charge < -0.3 is 4.42 Å². The zero-order chi connectivity index (χ0) is 12.4. The second-order valence-electron chi connectivity index (χ2n) is 3.91. The molecule has 2 aromatic rings. The summed E-state index contributed by atoms with van der Waals surface area (Å²) in [5.41, 5.74) is -0.153. The van der Waals surface area contributed by atoms with Gasteiger partial charge in [-0.2, -0.15) is 4.39 Å². The molecule has 1 heterocycles. The number of unbranched alkanes of at least 4 members (excludes halogenated alkanes) is 1. The molecule has 5 heteroatoms. The Morgan fingerprint density at radius 1 is 1.41 bits per heavy atom. The van der Waals surface area contributed by atoms with Crippen LogP contribution >= 0.6 is 0 Å². The van der Waals surface area contributed by atoms with Crippen LogP contribution in [0.2, 0.25) is 0 Å². The number of furan rings is 1. The maximum absolute atomic E-state index is 13.3. The summed E-state index contributed by atoms with van der Waals surface area (Å²) in [5.74, 6) is -0.124. The Hall–Kier alpha value is -1.91. The summed E-state index contributed by atoms with van der Waals surface area (Å²) < 4.78 is 18.8. The Morgan fingerprint density at radius 3 is 2.82 bits per heavy atom. The van der Waals surface area contributed by atoms with Crippen molar-refractivity contribution in [1.29, 1.82) is 0 Å². The van der Waals surface area contributed by atoms with E-state index in [1.807, 2.05) is 0 Å². The topological polar surface area (TPSA) is 56.3 Å². The average Bonchev–Trinajstić information content (AvgIpc) is 2.66. The van der Waals surface area contributed by atoms with Gasteiger partial charge in [-0.1, -0.05) is 13.3 Å². The first kappa shape index (κ1) is 11.6. The maximum Gasteiger partial charge on any atom is 0.305 e. The fraction of sp³-hybridized carbons (Fsp3) is 0.333. The van der Waals surface area contributed by atoms with Crippen molar-refractivity contribution >= 4 is 16.7 Å². The number of fused-ring (bicyclic) bond motifs is 1. The van der Waals surface area contributed by atoms with Crippen molar-refractivity contribution < 1.29 is 13.7 Å². The van der Waals surface area contributed by atoms with Crippen LogP contribution in [0.4, 0.5) is 10.1 Å². The molecule has 90 valence electrons. The molecule has 0 aliphatic rings. The number of nitrogens with zero attached hydrogens (tertiary/aromatic N) is 1. The van der Waals surface area contributed by atoms with Crippen LogP contribution in [0.25, 0.3) is 11.0 Å². The zero-order valence-corrected chi connectivity index (χ0v) is 9.40. The zero-order valence-electron chi connectivity index (χ0n) is 9.40. The molecule has 2 rings (SSSR count). The van der Waals surface area contributed by atoms with E-state index in [0.29, 0.717) is 11.0 Å². The molecule has 0 saturated carbocycles. The lowest BCUT2D eigenvalue weighted by molar-refractivity contribution is -0.387. The summed E-state index contributed by atoms with van der Waals surface area (Å²) in [4.78, 5) is 9.85. The summed E-state index contributed by atoms with van der Waals surface area (Å²) in [5, 5.41) is 11.2. The smallest absolute Gasteiger partial charge is 0.305 e. The number of rotatable bonds is 4. The third-order valence-corrected chi connectivity index (χ3v) is 2.61. The van der Waals surface area contributed by atoms with Crippen LogP contribution in [0.1, 0.15) is 25.5 Å². The minimum Gasteiger partial charge on any atom is -0.461 e. The molecule has 0 bridgehead atoms. The predicted octanol–water partition coefficient (Wildman–Crippen LogP) is 3.82. The Labute approximate surface area is 97.2 Å². The van der Waals surface area contributed by atoms with Crippen molar-refractivity contribution in [2.45, 2.75) is 26.2 Å². The summed E-state index contributed by atoms with van der Waals surface area (Å²) in [6.07, 6.45) is 2.77. The molecule has 0 aliphatic carbocycles. The van der Waals surface area contributed by atoms with Crippen LogP contribution < -0.4 is 0 Å². The van der Waals surface area contributed by atoms with Gasteiger partial charge in [0.2, 0.25) is 5.82 Å². The van der Waals surface area contributed by atoms with E-state index in [4.69, 9.17) is 4.42 Å². The van der Waals surface area contributed by atoms with E-state index < -0.39 is 16.4 Å². The molecule has 0 radical (unpaired) electrons. The van der Waals surface area contributed by atoms with Crippen molar-refractivity contribution in [2.75, 3.05) is 0 Å². The summed E-state index contributed by atoms with van der Waals surface area (Å²) >= 11 is 0. The van der Waals surface area contributed by atoms with Gasteiger partial charge in [0.15, 0.2) is 0 Å². The Balaban J connectivity index is 2.43. The Kier molecular flexibility index (Phi) is 3.08. The molecule has 0 N–H and O–H groups in total. The van der Waals surface area contributed by atoms with Crippen molar-refractivity contribution in [3.63, 3.8) is 0 Å². The minimum absolute atomic E-state index is 0.360. The van der Waals surface area contributed by atoms with E-state index >= 15 is 0 Å². The molecule has 1 aromatic heterocycles. The van der Waals surface area contributed by atoms with Gasteiger partial charge >= 0.3 is 5.69 Å². The predicted molar refractivity (Wildman–Crippen MR) is 61.4 cm³/mol. The number of benzene rings is 1. The lowest BCUT2D eigenvalue weighted by Gasteiger charge is -1.93. The molecule has 0 saturated heterocycles. The summed E-state index contributed by atoms with van der Waals surface area (Å²) in [6.45, 7) is 2.06. The first-order chi connectivity index (χ1) is 8.11. The number of hydrogen-bond acceptors (Lipinski definition) is 3. The third kappa shape index (κ3) is 2.27. The van der Waals surface area contributed by atoms with Gasteiger partial charge in [-0.15, -0.1) is 0 Å². The molecule has 0 atom stereocenters. The lowest BCUT2D eigenvalue weighted by atomic mass is 10.2. The lowest BCUT2D eigenvalue weighted by Crippen LogP contribution is -1.91. The molecule has 0 aliphatic heterocycles.